The van der Waals surface area contributed by atoms with Gasteiger partial charge in [-0.25, -0.2) is 0 Å². The first-order valence-electron chi connectivity index (χ1n) is 4.47. The Balaban J connectivity index is 2.44. The molecule has 2 aliphatic rings. The van der Waals surface area contributed by atoms with Crippen molar-refractivity contribution in [2.75, 3.05) is 0 Å². The molecule has 13 heavy (non-hydrogen) atoms. The fourth-order valence-corrected chi connectivity index (χ4v) is 1.87. The summed E-state index contributed by atoms with van der Waals surface area (Å²) >= 11 is 0. The maximum Gasteiger partial charge on any atom is 0.0947 e. The number of allylic oxidation sites excluding steroid dienone is 2. The van der Waals surface area contributed by atoms with E-state index < -0.39 is 0 Å². The van der Waals surface area contributed by atoms with Gasteiger partial charge in [-0.1, -0.05) is 42.5 Å². The highest BCUT2D eigenvalue weighted by Crippen LogP contribution is 2.15. The van der Waals surface area contributed by atoms with Gasteiger partial charge >= 0.3 is 0 Å². The van der Waals surface area contributed by atoms with Crippen molar-refractivity contribution in [3.63, 3.8) is 0 Å². The molecule has 1 aromatic carbocycles. The molecule has 3 rings (SSSR count). The van der Waals surface area contributed by atoms with Crippen LogP contribution in [-0.4, -0.2) is 6.04 Å². The van der Waals surface area contributed by atoms with Gasteiger partial charge in [0.2, 0.25) is 0 Å². The normalized spacial score (nSPS) is 22.5. The first-order valence-corrected chi connectivity index (χ1v) is 4.47. The zero-order chi connectivity index (χ0) is 8.67. The summed E-state index contributed by atoms with van der Waals surface area (Å²) in [6.45, 7) is 0. The number of fused-ring (bicyclic) bond motifs is 2. The Morgan fingerprint density at radius 3 is 3.00 bits per heavy atom. The largest absolute Gasteiger partial charge is 0.272 e. The third-order valence-corrected chi connectivity index (χ3v) is 2.49. The minimum Gasteiger partial charge on any atom is -0.272 e. The molecule has 0 radical (unpaired) electrons. The van der Waals surface area contributed by atoms with Gasteiger partial charge in [0.15, 0.2) is 0 Å². The van der Waals surface area contributed by atoms with Crippen molar-refractivity contribution in [1.82, 2.24) is 0 Å². The molecular formula is C12H9N. The number of hydrogen-bond donors (Lipinski definition) is 0. The van der Waals surface area contributed by atoms with Crippen LogP contribution in [0.15, 0.2) is 53.6 Å². The molecule has 0 saturated heterocycles. The van der Waals surface area contributed by atoms with Gasteiger partial charge in [0.25, 0.3) is 0 Å². The van der Waals surface area contributed by atoms with Crippen molar-refractivity contribution >= 4 is 5.57 Å². The predicted molar refractivity (Wildman–Crippen MR) is 52.7 cm³/mol. The fourth-order valence-electron chi connectivity index (χ4n) is 1.87. The Morgan fingerprint density at radius 1 is 1.08 bits per heavy atom. The smallest absolute Gasteiger partial charge is 0.0947 e. The average molecular weight is 167 g/mol. The maximum absolute atomic E-state index is 4.60. The van der Waals surface area contributed by atoms with E-state index in [2.05, 4.69) is 47.5 Å². The van der Waals surface area contributed by atoms with Crippen LogP contribution < -0.4 is 10.6 Å². The zero-order valence-electron chi connectivity index (χ0n) is 7.14. The molecule has 1 unspecified atom stereocenters. The van der Waals surface area contributed by atoms with E-state index in [4.69, 9.17) is 0 Å². The summed E-state index contributed by atoms with van der Waals surface area (Å²) in [6, 6.07) is 8.58. The number of rotatable bonds is 0. The van der Waals surface area contributed by atoms with Gasteiger partial charge in [-0.05, 0) is 11.6 Å². The van der Waals surface area contributed by atoms with Crippen LogP contribution in [0.4, 0.5) is 0 Å². The Hall–Kier alpha value is -1.63. The molecule has 0 saturated carbocycles. The van der Waals surface area contributed by atoms with Crippen molar-refractivity contribution in [3.8, 4) is 0 Å². The molecule has 0 amide bonds. The van der Waals surface area contributed by atoms with Crippen molar-refractivity contribution in [2.45, 2.75) is 6.04 Å². The summed E-state index contributed by atoms with van der Waals surface area (Å²) in [5, 5.41) is 2.41. The molecule has 1 nitrogen and oxygen atoms in total. The highest BCUT2D eigenvalue weighted by molar-refractivity contribution is 5.68. The third-order valence-electron chi connectivity index (χ3n) is 2.49. The van der Waals surface area contributed by atoms with Gasteiger partial charge in [0.1, 0.15) is 0 Å². The fraction of sp³-hybridized carbons (Fsp3) is 0.0833. The van der Waals surface area contributed by atoms with Crippen molar-refractivity contribution in [3.05, 3.63) is 59.1 Å². The molecule has 62 valence electrons. The van der Waals surface area contributed by atoms with E-state index in [9.17, 15) is 0 Å². The maximum atomic E-state index is 4.60. The first-order chi connectivity index (χ1) is 6.45. The lowest BCUT2D eigenvalue weighted by Crippen LogP contribution is -2.21. The minimum absolute atomic E-state index is 0.266. The highest BCUT2D eigenvalue weighted by Gasteiger charge is 2.15. The number of para-hydroxylation sites is 1. The van der Waals surface area contributed by atoms with Crippen molar-refractivity contribution in [2.24, 2.45) is 4.99 Å². The van der Waals surface area contributed by atoms with Crippen LogP contribution in [-0.2, 0) is 0 Å². The van der Waals surface area contributed by atoms with Crippen LogP contribution in [0.2, 0.25) is 0 Å². The second kappa shape index (κ2) is 2.43. The molecule has 1 heteroatoms. The topological polar surface area (TPSA) is 12.4 Å². The first kappa shape index (κ1) is 6.84. The van der Waals surface area contributed by atoms with E-state index in [1.807, 2.05) is 6.07 Å². The van der Waals surface area contributed by atoms with Crippen molar-refractivity contribution in [1.29, 1.82) is 0 Å². The Labute approximate surface area is 76.4 Å². The monoisotopic (exact) mass is 167 g/mol. The molecule has 0 bridgehead atoms. The Bertz CT molecular complexity index is 520. The van der Waals surface area contributed by atoms with E-state index in [-0.39, 0.29) is 6.04 Å². The molecule has 0 fully saturated rings. The molecule has 0 N–H and O–H groups in total. The standard InChI is InChI=1S/C12H9N/c1-3-7-11-9(5-1)10-6-2-4-8-12(10)13-11/h1-8,11H. The lowest BCUT2D eigenvalue weighted by Gasteiger charge is -2.06. The minimum atomic E-state index is 0.266. The molecule has 1 heterocycles. The van der Waals surface area contributed by atoms with Gasteiger partial charge in [0, 0.05) is 5.22 Å². The van der Waals surface area contributed by atoms with Gasteiger partial charge in [0.05, 0.1) is 11.4 Å². The summed E-state index contributed by atoms with van der Waals surface area (Å²) in [5.74, 6) is 0. The van der Waals surface area contributed by atoms with E-state index in [1.54, 1.807) is 0 Å². The molecule has 1 aromatic rings. The SMILES string of the molecule is C1=CC2=c3ccccc3=NC2C=C1. The Morgan fingerprint density at radius 2 is 2.00 bits per heavy atom. The second-order valence-corrected chi connectivity index (χ2v) is 3.29. The highest BCUT2D eigenvalue weighted by atomic mass is 14.8. The molecule has 1 aliphatic heterocycles. The van der Waals surface area contributed by atoms with Crippen LogP contribution in [0.1, 0.15) is 0 Å². The van der Waals surface area contributed by atoms with Crippen LogP contribution >= 0.6 is 0 Å². The van der Waals surface area contributed by atoms with Gasteiger partial charge in [-0.3, -0.25) is 4.99 Å². The zero-order valence-corrected chi connectivity index (χ0v) is 7.14. The molecular weight excluding hydrogens is 158 g/mol. The van der Waals surface area contributed by atoms with Gasteiger partial charge in [-0.15, -0.1) is 0 Å². The number of hydrogen-bond acceptors (Lipinski definition) is 1. The predicted octanol–water partition coefficient (Wildman–Crippen LogP) is 0.965. The van der Waals surface area contributed by atoms with E-state index in [0.717, 1.165) is 5.36 Å². The van der Waals surface area contributed by atoms with Gasteiger partial charge < -0.3 is 0 Å². The summed E-state index contributed by atoms with van der Waals surface area (Å²) in [6.07, 6.45) is 8.42. The molecule has 0 aromatic heterocycles. The Kier molecular flexibility index (Phi) is 1.28. The lowest BCUT2D eigenvalue weighted by molar-refractivity contribution is 1.03. The summed E-state index contributed by atoms with van der Waals surface area (Å²) in [4.78, 5) is 4.60. The van der Waals surface area contributed by atoms with Crippen molar-refractivity contribution < 1.29 is 0 Å². The average Bonchev–Trinajstić information content (AvgIpc) is 2.56. The quantitative estimate of drug-likeness (QED) is 0.546. The third kappa shape index (κ3) is 0.903. The lowest BCUT2D eigenvalue weighted by atomic mass is 10.0. The molecule has 1 aliphatic carbocycles. The number of nitrogens with zero attached hydrogens (tertiary/aromatic N) is 1. The van der Waals surface area contributed by atoms with Crippen LogP contribution in [0.3, 0.4) is 0 Å². The summed E-state index contributed by atoms with van der Waals surface area (Å²) in [7, 11) is 0. The van der Waals surface area contributed by atoms with Crippen LogP contribution in [0.25, 0.3) is 5.57 Å². The second-order valence-electron chi connectivity index (χ2n) is 3.29. The van der Waals surface area contributed by atoms with Gasteiger partial charge in [-0.2, -0.15) is 0 Å². The van der Waals surface area contributed by atoms with Crippen LogP contribution in [0.5, 0.6) is 0 Å². The summed E-state index contributed by atoms with van der Waals surface area (Å²) < 4.78 is 0. The van der Waals surface area contributed by atoms with E-state index in [0.29, 0.717) is 0 Å². The molecule has 0 spiro atoms. The number of benzene rings is 1. The van der Waals surface area contributed by atoms with E-state index >= 15 is 0 Å². The van der Waals surface area contributed by atoms with E-state index in [1.165, 1.54) is 10.8 Å². The van der Waals surface area contributed by atoms with Crippen LogP contribution in [0, 0.1) is 0 Å². The molecule has 1 atom stereocenters. The summed E-state index contributed by atoms with van der Waals surface area (Å²) in [5.41, 5.74) is 1.33.